The highest BCUT2D eigenvalue weighted by Crippen LogP contribution is 2.43. The summed E-state index contributed by atoms with van der Waals surface area (Å²) in [6, 6.07) is 0. The molecule has 0 bridgehead atoms. The minimum Gasteiger partial charge on any atom is -0.462 e. The summed E-state index contributed by atoms with van der Waals surface area (Å²) in [6.07, 6.45) is 46.2. The Hall–Kier alpha value is -1.77. The molecule has 0 radical (unpaired) electrons. The fourth-order valence-corrected chi connectivity index (χ4v) is 6.96. The van der Waals surface area contributed by atoms with Crippen LogP contribution in [0, 0.1) is 0 Å². The highest BCUT2D eigenvalue weighted by Gasteiger charge is 2.25. The van der Waals surface area contributed by atoms with Gasteiger partial charge in [0.1, 0.15) is 6.61 Å². The summed E-state index contributed by atoms with van der Waals surface area (Å²) in [6.45, 7) is 3.67. The molecule has 2 atom stereocenters. The number of hydrogen-bond donors (Lipinski definition) is 2. The number of hydrogen-bond acceptors (Lipinski definition) is 8. The first-order chi connectivity index (χ1) is 26.8. The molecule has 0 rings (SSSR count). The first kappa shape index (κ1) is 53.2. The fourth-order valence-electron chi connectivity index (χ4n) is 6.19. The smallest absolute Gasteiger partial charge is 0.462 e. The lowest BCUT2D eigenvalue weighted by atomic mass is 10.0. The van der Waals surface area contributed by atoms with Gasteiger partial charge in [0.15, 0.2) is 6.10 Å². The van der Waals surface area contributed by atoms with Gasteiger partial charge in [0.2, 0.25) is 0 Å². The normalized spacial score (nSPS) is 13.6. The molecule has 2 unspecified atom stereocenters. The maximum Gasteiger partial charge on any atom is 0.472 e. The molecule has 0 aliphatic heterocycles. The number of rotatable bonds is 42. The van der Waals surface area contributed by atoms with Crippen LogP contribution in [0.4, 0.5) is 0 Å². The van der Waals surface area contributed by atoms with Crippen molar-refractivity contribution in [2.45, 2.75) is 213 Å². The van der Waals surface area contributed by atoms with Crippen LogP contribution in [0.2, 0.25) is 0 Å². The van der Waals surface area contributed by atoms with Gasteiger partial charge < -0.3 is 20.1 Å². The minimum atomic E-state index is -4.39. The van der Waals surface area contributed by atoms with Gasteiger partial charge in [0.25, 0.3) is 0 Å². The Morgan fingerprint density at radius 3 is 1.47 bits per heavy atom. The Morgan fingerprint density at radius 1 is 0.545 bits per heavy atom. The minimum absolute atomic E-state index is 0.0447. The van der Waals surface area contributed by atoms with Crippen LogP contribution in [-0.2, 0) is 32.7 Å². The highest BCUT2D eigenvalue weighted by molar-refractivity contribution is 7.47. The number of ether oxygens (including phenoxy) is 2. The Balaban J connectivity index is 4.21. The number of phosphoric acid groups is 1. The highest BCUT2D eigenvalue weighted by atomic mass is 31.2. The van der Waals surface area contributed by atoms with Gasteiger partial charge in [-0.2, -0.15) is 0 Å². The summed E-state index contributed by atoms with van der Waals surface area (Å²) in [5, 5.41) is 0. The summed E-state index contributed by atoms with van der Waals surface area (Å²) in [5.74, 6) is -0.909. The van der Waals surface area contributed by atoms with Gasteiger partial charge in [-0.1, -0.05) is 192 Å². The molecule has 0 saturated heterocycles. The predicted molar refractivity (Wildman–Crippen MR) is 229 cm³/mol. The van der Waals surface area contributed by atoms with Crippen LogP contribution in [0.5, 0.6) is 0 Å². The van der Waals surface area contributed by atoms with Gasteiger partial charge in [-0.25, -0.2) is 4.57 Å². The van der Waals surface area contributed by atoms with Gasteiger partial charge >= 0.3 is 19.8 Å². The predicted octanol–water partition coefficient (Wildman–Crippen LogP) is 12.9. The van der Waals surface area contributed by atoms with Crippen molar-refractivity contribution in [3.8, 4) is 0 Å². The maximum absolute atomic E-state index is 12.5. The number of esters is 2. The number of unbranched alkanes of at least 4 members (excludes halogenated alkanes) is 23. The molecule has 0 aromatic heterocycles. The number of carbonyl (C=O) groups excluding carboxylic acids is 2. The van der Waals surface area contributed by atoms with Crippen LogP contribution in [-0.4, -0.2) is 49.3 Å². The van der Waals surface area contributed by atoms with E-state index >= 15 is 0 Å². The van der Waals surface area contributed by atoms with E-state index < -0.39 is 32.5 Å². The van der Waals surface area contributed by atoms with Crippen LogP contribution >= 0.6 is 7.82 Å². The second-order valence-electron chi connectivity index (χ2n) is 14.9. The summed E-state index contributed by atoms with van der Waals surface area (Å²) in [7, 11) is -4.39. The first-order valence-electron chi connectivity index (χ1n) is 22.5. The zero-order chi connectivity index (χ0) is 40.3. The van der Waals surface area contributed by atoms with Crippen LogP contribution in [0.3, 0.4) is 0 Å². The lowest BCUT2D eigenvalue weighted by molar-refractivity contribution is -0.161. The SMILES string of the molecule is CCCCCCCCCC=CCC=CCC=CCCC(=O)OC(COC(=O)CCCCCCCCCCCCCCCCCCC)COP(=O)(O)OCCN. The Morgan fingerprint density at radius 2 is 0.982 bits per heavy atom. The van der Waals surface area contributed by atoms with E-state index in [1.54, 1.807) is 0 Å². The molecule has 0 aromatic carbocycles. The lowest BCUT2D eigenvalue weighted by Crippen LogP contribution is -2.29. The first-order valence-corrected chi connectivity index (χ1v) is 24.0. The van der Waals surface area contributed by atoms with Gasteiger partial charge in [-0.05, 0) is 38.5 Å². The van der Waals surface area contributed by atoms with Gasteiger partial charge in [0, 0.05) is 19.4 Å². The molecule has 55 heavy (non-hydrogen) atoms. The number of carbonyl (C=O) groups is 2. The van der Waals surface area contributed by atoms with E-state index in [1.807, 2.05) is 12.2 Å². The molecule has 0 aliphatic carbocycles. The second kappa shape index (κ2) is 41.9. The molecule has 0 aromatic rings. The van der Waals surface area contributed by atoms with Crippen molar-refractivity contribution in [2.75, 3.05) is 26.4 Å². The Labute approximate surface area is 337 Å². The summed E-state index contributed by atoms with van der Waals surface area (Å²) >= 11 is 0. The van der Waals surface area contributed by atoms with Crippen LogP contribution in [0.1, 0.15) is 206 Å². The molecule has 0 saturated carbocycles. The number of allylic oxidation sites excluding steroid dienone is 6. The third kappa shape index (κ3) is 41.7. The average Bonchev–Trinajstić information content (AvgIpc) is 3.17. The molecule has 0 fully saturated rings. The zero-order valence-electron chi connectivity index (χ0n) is 35.4. The number of nitrogens with two attached hydrogens (primary N) is 1. The molecule has 0 spiro atoms. The van der Waals surface area contributed by atoms with Crippen LogP contribution in [0.25, 0.3) is 0 Å². The monoisotopic (exact) mass is 798 g/mol. The van der Waals surface area contributed by atoms with E-state index in [2.05, 4.69) is 38.2 Å². The molecule has 0 heterocycles. The van der Waals surface area contributed by atoms with Crippen molar-refractivity contribution in [2.24, 2.45) is 5.73 Å². The summed E-state index contributed by atoms with van der Waals surface area (Å²) < 4.78 is 32.7. The third-order valence-electron chi connectivity index (χ3n) is 9.54. The number of phosphoric ester groups is 1. The quantitative estimate of drug-likeness (QED) is 0.0268. The largest absolute Gasteiger partial charge is 0.472 e. The standard InChI is InChI=1S/C45H84NO8P/c1-3-5-7-9-11-13-15-17-19-21-23-25-27-29-31-33-35-37-44(47)51-41-43(42-53-55(49,50)52-40-39-46)54-45(48)38-36-34-32-30-28-26-24-22-20-18-16-14-12-10-8-6-4-2/h20,22,26,28,32,34,43H,3-19,21,23-25,27,29-31,33,35-42,46H2,1-2H3,(H,49,50). The summed E-state index contributed by atoms with van der Waals surface area (Å²) in [5.41, 5.74) is 5.34. The molecular weight excluding hydrogens is 713 g/mol. The van der Waals surface area contributed by atoms with Crippen molar-refractivity contribution in [1.29, 1.82) is 0 Å². The van der Waals surface area contributed by atoms with E-state index in [1.165, 1.54) is 135 Å². The van der Waals surface area contributed by atoms with Crippen molar-refractivity contribution < 1.29 is 37.6 Å². The fraction of sp³-hybridized carbons (Fsp3) is 0.822. The third-order valence-corrected chi connectivity index (χ3v) is 10.5. The van der Waals surface area contributed by atoms with Crippen molar-refractivity contribution in [3.63, 3.8) is 0 Å². The second-order valence-corrected chi connectivity index (χ2v) is 16.4. The van der Waals surface area contributed by atoms with Crippen LogP contribution in [0.15, 0.2) is 36.5 Å². The van der Waals surface area contributed by atoms with E-state index in [4.69, 9.17) is 24.3 Å². The lowest BCUT2D eigenvalue weighted by Gasteiger charge is -2.19. The molecule has 3 N–H and O–H groups in total. The van der Waals surface area contributed by atoms with E-state index in [0.717, 1.165) is 38.5 Å². The molecular formula is C45H84NO8P. The van der Waals surface area contributed by atoms with Crippen molar-refractivity contribution >= 4 is 19.8 Å². The van der Waals surface area contributed by atoms with Gasteiger partial charge in [-0.3, -0.25) is 18.6 Å². The van der Waals surface area contributed by atoms with Crippen molar-refractivity contribution in [1.82, 2.24) is 0 Å². The van der Waals surface area contributed by atoms with Crippen LogP contribution < -0.4 is 5.73 Å². The van der Waals surface area contributed by atoms with E-state index in [9.17, 15) is 19.0 Å². The molecule has 0 amide bonds. The van der Waals surface area contributed by atoms with Gasteiger partial charge in [-0.15, -0.1) is 0 Å². The van der Waals surface area contributed by atoms with Crippen molar-refractivity contribution in [3.05, 3.63) is 36.5 Å². The molecule has 10 heteroatoms. The molecule has 0 aliphatic rings. The van der Waals surface area contributed by atoms with Gasteiger partial charge in [0.05, 0.1) is 13.2 Å². The average molecular weight is 798 g/mol. The Kier molecular flexibility index (Phi) is 40.5. The zero-order valence-corrected chi connectivity index (χ0v) is 36.3. The summed E-state index contributed by atoms with van der Waals surface area (Å²) in [4.78, 5) is 34.8. The topological polar surface area (TPSA) is 134 Å². The van der Waals surface area contributed by atoms with E-state index in [-0.39, 0.29) is 32.6 Å². The Bertz CT molecular complexity index is 1000. The molecule has 322 valence electrons. The maximum atomic E-state index is 12.5. The molecule has 9 nitrogen and oxygen atoms in total. The van der Waals surface area contributed by atoms with E-state index in [0.29, 0.717) is 6.42 Å².